The number of nitrogens with zero attached hydrogens (tertiary/aromatic N) is 4. The fraction of sp³-hybridized carbons (Fsp3) is 0.208. The summed E-state index contributed by atoms with van der Waals surface area (Å²) in [5.74, 6) is 0.875. The normalized spacial score (nSPS) is 11.5. The van der Waals surface area contributed by atoms with Crippen molar-refractivity contribution < 1.29 is 4.74 Å². The Morgan fingerprint density at radius 2 is 1.77 bits per heavy atom. The molecule has 0 atom stereocenters. The minimum absolute atomic E-state index is 0.206. The summed E-state index contributed by atoms with van der Waals surface area (Å²) in [7, 11) is 5.05. The molecular formula is C24H24N4O3. The molecule has 0 amide bonds. The SMILES string of the molecule is COc1ccccc1C/C=C/c1ccc(Cn2c(=O)c3c(ncn3C)n(C)c2=O)cc1. The number of imidazole rings is 1. The van der Waals surface area contributed by atoms with Gasteiger partial charge < -0.3 is 9.30 Å². The molecule has 7 heteroatoms. The number of hydrogen-bond donors (Lipinski definition) is 0. The number of aryl methyl sites for hydroxylation is 2. The molecule has 0 unspecified atom stereocenters. The zero-order valence-electron chi connectivity index (χ0n) is 17.8. The largest absolute Gasteiger partial charge is 0.496 e. The molecule has 0 aliphatic rings. The molecule has 0 saturated carbocycles. The monoisotopic (exact) mass is 416 g/mol. The summed E-state index contributed by atoms with van der Waals surface area (Å²) in [4.78, 5) is 29.7. The maximum atomic E-state index is 12.9. The van der Waals surface area contributed by atoms with E-state index in [1.807, 2.05) is 54.6 Å². The van der Waals surface area contributed by atoms with Crippen molar-refractivity contribution in [3.05, 3.63) is 98.5 Å². The first-order valence-corrected chi connectivity index (χ1v) is 9.98. The average Bonchev–Trinajstić information content (AvgIpc) is 3.18. The van der Waals surface area contributed by atoms with Crippen molar-refractivity contribution in [3.63, 3.8) is 0 Å². The van der Waals surface area contributed by atoms with Crippen LogP contribution in [0, 0.1) is 0 Å². The summed E-state index contributed by atoms with van der Waals surface area (Å²) in [6.07, 6.45) is 6.44. The Hall–Kier alpha value is -3.87. The summed E-state index contributed by atoms with van der Waals surface area (Å²) in [6, 6.07) is 15.8. The molecule has 158 valence electrons. The van der Waals surface area contributed by atoms with E-state index in [2.05, 4.69) is 11.1 Å². The van der Waals surface area contributed by atoms with Crippen LogP contribution < -0.4 is 16.0 Å². The molecule has 0 aliphatic carbocycles. The Bertz CT molecular complexity index is 1370. The number of methoxy groups -OCH3 is 1. The molecule has 0 radical (unpaired) electrons. The van der Waals surface area contributed by atoms with Gasteiger partial charge in [-0.15, -0.1) is 0 Å². The predicted octanol–water partition coefficient (Wildman–Crippen LogP) is 2.75. The molecule has 0 saturated heterocycles. The first-order valence-electron chi connectivity index (χ1n) is 9.98. The van der Waals surface area contributed by atoms with E-state index in [1.54, 1.807) is 32.1 Å². The quantitative estimate of drug-likeness (QED) is 0.485. The average molecular weight is 416 g/mol. The van der Waals surface area contributed by atoms with Gasteiger partial charge >= 0.3 is 5.69 Å². The molecule has 0 spiro atoms. The lowest BCUT2D eigenvalue weighted by molar-refractivity contribution is 0.411. The van der Waals surface area contributed by atoms with Gasteiger partial charge in [-0.3, -0.25) is 13.9 Å². The van der Waals surface area contributed by atoms with Crippen LogP contribution >= 0.6 is 0 Å². The van der Waals surface area contributed by atoms with Crippen LogP contribution in [0.1, 0.15) is 16.7 Å². The topological polar surface area (TPSA) is 71.1 Å². The maximum absolute atomic E-state index is 12.9. The van der Waals surface area contributed by atoms with Crippen molar-refractivity contribution in [3.8, 4) is 5.75 Å². The lowest BCUT2D eigenvalue weighted by Gasteiger charge is -2.09. The van der Waals surface area contributed by atoms with Crippen LogP contribution in [0.3, 0.4) is 0 Å². The van der Waals surface area contributed by atoms with Crippen LogP contribution in [0.5, 0.6) is 5.75 Å². The van der Waals surface area contributed by atoms with Gasteiger partial charge in [-0.05, 0) is 29.2 Å². The molecule has 7 nitrogen and oxygen atoms in total. The van der Waals surface area contributed by atoms with Crippen LogP contribution in [0.2, 0.25) is 0 Å². The van der Waals surface area contributed by atoms with Gasteiger partial charge in [0.05, 0.1) is 20.0 Å². The highest BCUT2D eigenvalue weighted by Gasteiger charge is 2.14. The van der Waals surface area contributed by atoms with E-state index in [0.717, 1.165) is 28.9 Å². The molecule has 0 aliphatic heterocycles. The molecule has 2 heterocycles. The van der Waals surface area contributed by atoms with Gasteiger partial charge in [0.1, 0.15) is 5.75 Å². The number of para-hydroxylation sites is 1. The van der Waals surface area contributed by atoms with E-state index in [0.29, 0.717) is 11.2 Å². The van der Waals surface area contributed by atoms with Crippen LogP contribution in [0.25, 0.3) is 17.2 Å². The Kier molecular flexibility index (Phi) is 5.58. The number of ether oxygens (including phenoxy) is 1. The molecule has 0 bridgehead atoms. The first kappa shape index (κ1) is 20.4. The minimum atomic E-state index is -0.378. The van der Waals surface area contributed by atoms with Gasteiger partial charge in [0.2, 0.25) is 0 Å². The molecule has 0 N–H and O–H groups in total. The number of benzene rings is 2. The van der Waals surface area contributed by atoms with Crippen LogP contribution in [-0.2, 0) is 27.1 Å². The molecular weight excluding hydrogens is 392 g/mol. The summed E-state index contributed by atoms with van der Waals surface area (Å²) < 4.78 is 9.68. The Labute approximate surface area is 179 Å². The Morgan fingerprint density at radius 1 is 1.03 bits per heavy atom. The van der Waals surface area contributed by atoms with E-state index in [-0.39, 0.29) is 17.8 Å². The fourth-order valence-corrected chi connectivity index (χ4v) is 3.65. The minimum Gasteiger partial charge on any atom is -0.496 e. The molecule has 4 aromatic rings. The van der Waals surface area contributed by atoms with Gasteiger partial charge in [-0.25, -0.2) is 9.78 Å². The molecule has 0 fully saturated rings. The predicted molar refractivity (Wildman–Crippen MR) is 121 cm³/mol. The van der Waals surface area contributed by atoms with Crippen LogP contribution in [0.4, 0.5) is 0 Å². The summed E-state index contributed by atoms with van der Waals surface area (Å²) in [6.45, 7) is 0.206. The molecule has 2 aromatic carbocycles. The zero-order valence-corrected chi connectivity index (χ0v) is 17.8. The highest BCUT2D eigenvalue weighted by Crippen LogP contribution is 2.18. The third-order valence-corrected chi connectivity index (χ3v) is 5.36. The van der Waals surface area contributed by atoms with Gasteiger partial charge in [0.15, 0.2) is 11.2 Å². The van der Waals surface area contributed by atoms with Crippen molar-refractivity contribution in [2.24, 2.45) is 14.1 Å². The molecule has 4 rings (SSSR count). The number of hydrogen-bond acceptors (Lipinski definition) is 4. The van der Waals surface area contributed by atoms with E-state index in [9.17, 15) is 9.59 Å². The van der Waals surface area contributed by atoms with E-state index >= 15 is 0 Å². The Morgan fingerprint density at radius 3 is 2.52 bits per heavy atom. The third kappa shape index (κ3) is 3.94. The summed E-state index contributed by atoms with van der Waals surface area (Å²) in [5.41, 5.74) is 3.14. The van der Waals surface area contributed by atoms with Crippen molar-refractivity contribution in [2.45, 2.75) is 13.0 Å². The second kappa shape index (κ2) is 8.47. The number of rotatable bonds is 6. The summed E-state index contributed by atoms with van der Waals surface area (Å²) in [5, 5.41) is 0. The van der Waals surface area contributed by atoms with E-state index in [1.165, 1.54) is 9.13 Å². The van der Waals surface area contributed by atoms with Crippen molar-refractivity contribution in [1.29, 1.82) is 0 Å². The highest BCUT2D eigenvalue weighted by atomic mass is 16.5. The van der Waals surface area contributed by atoms with E-state index in [4.69, 9.17) is 4.74 Å². The smallest absolute Gasteiger partial charge is 0.332 e. The first-order chi connectivity index (χ1) is 15.0. The molecule has 31 heavy (non-hydrogen) atoms. The van der Waals surface area contributed by atoms with Crippen molar-refractivity contribution >= 4 is 17.2 Å². The van der Waals surface area contributed by atoms with Crippen LogP contribution in [-0.4, -0.2) is 25.8 Å². The zero-order chi connectivity index (χ0) is 22.0. The Balaban J connectivity index is 1.54. The molecule has 2 aromatic heterocycles. The third-order valence-electron chi connectivity index (χ3n) is 5.36. The van der Waals surface area contributed by atoms with Crippen LogP contribution in [0.15, 0.2) is 70.5 Å². The number of aromatic nitrogens is 4. The second-order valence-electron chi connectivity index (χ2n) is 7.42. The van der Waals surface area contributed by atoms with Gasteiger partial charge in [0.25, 0.3) is 5.56 Å². The highest BCUT2D eigenvalue weighted by molar-refractivity contribution is 5.69. The number of fused-ring (bicyclic) bond motifs is 1. The lowest BCUT2D eigenvalue weighted by Crippen LogP contribution is -2.39. The van der Waals surface area contributed by atoms with Gasteiger partial charge in [0, 0.05) is 14.1 Å². The van der Waals surface area contributed by atoms with Crippen molar-refractivity contribution in [1.82, 2.24) is 18.7 Å². The summed E-state index contributed by atoms with van der Waals surface area (Å²) >= 11 is 0. The van der Waals surface area contributed by atoms with Gasteiger partial charge in [-0.2, -0.15) is 0 Å². The van der Waals surface area contributed by atoms with Gasteiger partial charge in [-0.1, -0.05) is 54.6 Å². The fourth-order valence-electron chi connectivity index (χ4n) is 3.65. The standard InChI is InChI=1S/C24H24N4O3/c1-26-16-25-22-21(26)23(29)28(24(30)27(22)2)15-18-13-11-17(12-14-18)7-6-9-19-8-4-5-10-20(19)31-3/h4-8,10-14,16H,9,15H2,1-3H3/b7-6+. The second-order valence-corrected chi connectivity index (χ2v) is 7.42. The maximum Gasteiger partial charge on any atom is 0.332 e. The van der Waals surface area contributed by atoms with Crippen molar-refractivity contribution in [2.75, 3.05) is 7.11 Å². The lowest BCUT2D eigenvalue weighted by atomic mass is 10.1. The van der Waals surface area contributed by atoms with E-state index < -0.39 is 0 Å². The number of allylic oxidation sites excluding steroid dienone is 1.